The molecule has 2 N–H and O–H groups in total. The first-order valence-corrected chi connectivity index (χ1v) is 4.10. The Hall–Kier alpha value is -1.91. The summed E-state index contributed by atoms with van der Waals surface area (Å²) in [6, 6.07) is 1.73. The molecule has 1 aliphatic heterocycles. The van der Waals surface area contributed by atoms with Crippen LogP contribution in [-0.2, 0) is 9.59 Å². The summed E-state index contributed by atoms with van der Waals surface area (Å²) in [5.74, 6) is -2.85. The Labute approximate surface area is 79.8 Å². The van der Waals surface area contributed by atoms with Crippen LogP contribution in [-0.4, -0.2) is 22.0 Å². The van der Waals surface area contributed by atoms with E-state index < -0.39 is 17.8 Å². The molecule has 1 aromatic heterocycles. The number of hydrogen-bond donors (Lipinski definition) is 2. The number of anilines is 1. The van der Waals surface area contributed by atoms with Gasteiger partial charge in [0.15, 0.2) is 5.92 Å². The Balaban J connectivity index is 2.58. The van der Waals surface area contributed by atoms with Crippen molar-refractivity contribution in [3.05, 3.63) is 23.5 Å². The Morgan fingerprint density at radius 3 is 3.00 bits per heavy atom. The van der Waals surface area contributed by atoms with Gasteiger partial charge < -0.3 is 10.4 Å². The van der Waals surface area contributed by atoms with E-state index in [-0.39, 0.29) is 0 Å². The van der Waals surface area contributed by atoms with Crippen molar-refractivity contribution in [2.45, 2.75) is 12.8 Å². The van der Waals surface area contributed by atoms with Crippen LogP contribution in [0.4, 0.5) is 5.69 Å². The highest BCUT2D eigenvalue weighted by molar-refractivity contribution is 6.14. The summed E-state index contributed by atoms with van der Waals surface area (Å²) < 4.78 is 0. The summed E-state index contributed by atoms with van der Waals surface area (Å²) >= 11 is 0. The van der Waals surface area contributed by atoms with Crippen molar-refractivity contribution >= 4 is 17.6 Å². The van der Waals surface area contributed by atoms with Crippen LogP contribution in [0.25, 0.3) is 0 Å². The van der Waals surface area contributed by atoms with Crippen molar-refractivity contribution in [1.29, 1.82) is 0 Å². The molecule has 0 fully saturated rings. The van der Waals surface area contributed by atoms with Gasteiger partial charge in [0.05, 0.1) is 11.4 Å². The second-order valence-electron chi connectivity index (χ2n) is 3.15. The molecule has 0 saturated heterocycles. The first-order valence-electron chi connectivity index (χ1n) is 4.10. The van der Waals surface area contributed by atoms with Crippen molar-refractivity contribution in [2.24, 2.45) is 0 Å². The molecule has 0 aromatic carbocycles. The fourth-order valence-electron chi connectivity index (χ4n) is 1.51. The average molecular weight is 192 g/mol. The van der Waals surface area contributed by atoms with E-state index in [4.69, 9.17) is 5.11 Å². The summed E-state index contributed by atoms with van der Waals surface area (Å²) in [6.07, 6.45) is 1.50. The van der Waals surface area contributed by atoms with E-state index in [1.807, 2.05) is 0 Å². The van der Waals surface area contributed by atoms with E-state index in [1.54, 1.807) is 13.0 Å². The smallest absolute Gasteiger partial charge is 0.322 e. The zero-order chi connectivity index (χ0) is 10.3. The molecule has 2 heterocycles. The fraction of sp³-hybridized carbons (Fsp3) is 0.222. The topological polar surface area (TPSA) is 79.3 Å². The van der Waals surface area contributed by atoms with E-state index in [0.717, 1.165) is 5.56 Å². The Kier molecular flexibility index (Phi) is 1.73. The molecule has 1 aliphatic rings. The first kappa shape index (κ1) is 8.68. The van der Waals surface area contributed by atoms with Gasteiger partial charge in [-0.1, -0.05) is 0 Å². The summed E-state index contributed by atoms with van der Waals surface area (Å²) in [7, 11) is 0. The molecule has 72 valence electrons. The quantitative estimate of drug-likeness (QED) is 0.635. The monoisotopic (exact) mass is 192 g/mol. The number of nitrogens with zero attached hydrogens (tertiary/aromatic N) is 1. The molecule has 2 rings (SSSR count). The third kappa shape index (κ3) is 1.06. The zero-order valence-corrected chi connectivity index (χ0v) is 7.44. The Morgan fingerprint density at radius 1 is 1.64 bits per heavy atom. The van der Waals surface area contributed by atoms with Gasteiger partial charge in [0.1, 0.15) is 0 Å². The van der Waals surface area contributed by atoms with Crippen LogP contribution in [0.3, 0.4) is 0 Å². The molecule has 1 atom stereocenters. The Bertz CT molecular complexity index is 428. The molecule has 0 bridgehead atoms. The van der Waals surface area contributed by atoms with Gasteiger partial charge in [-0.05, 0) is 18.6 Å². The molecule has 5 heteroatoms. The minimum atomic E-state index is -1.17. The minimum Gasteiger partial charge on any atom is -0.480 e. The lowest BCUT2D eigenvalue weighted by Gasteiger charge is -2.01. The number of hydrogen-bond acceptors (Lipinski definition) is 3. The molecular formula is C9H8N2O3. The minimum absolute atomic E-state index is 0.308. The molecule has 0 saturated carbocycles. The lowest BCUT2D eigenvalue weighted by Crippen LogP contribution is -2.20. The normalized spacial score (nSPS) is 18.9. The maximum atomic E-state index is 11.3. The highest BCUT2D eigenvalue weighted by Gasteiger charge is 2.38. The summed E-state index contributed by atoms with van der Waals surface area (Å²) in [5, 5.41) is 11.3. The molecule has 14 heavy (non-hydrogen) atoms. The molecule has 0 aliphatic carbocycles. The third-order valence-corrected chi connectivity index (χ3v) is 2.22. The van der Waals surface area contributed by atoms with E-state index >= 15 is 0 Å². The standard InChI is InChI=1S/C9H8N2O3/c1-4-2-3-10-7-5(9(13)14)8(12)11-6(4)7/h2-3,5H,1H3,(H,11,12)(H,13,14). The number of amides is 1. The van der Waals surface area contributed by atoms with E-state index in [9.17, 15) is 9.59 Å². The lowest BCUT2D eigenvalue weighted by atomic mass is 10.1. The second kappa shape index (κ2) is 2.80. The van der Waals surface area contributed by atoms with Gasteiger partial charge in [-0.15, -0.1) is 0 Å². The van der Waals surface area contributed by atoms with Crippen LogP contribution in [0.15, 0.2) is 12.3 Å². The van der Waals surface area contributed by atoms with Crippen molar-refractivity contribution in [3.8, 4) is 0 Å². The number of carboxylic acid groups (broad SMARTS) is 1. The number of fused-ring (bicyclic) bond motifs is 1. The number of carboxylic acids is 1. The number of nitrogens with one attached hydrogen (secondary N) is 1. The number of rotatable bonds is 1. The van der Waals surface area contributed by atoms with E-state index in [0.29, 0.717) is 11.4 Å². The second-order valence-corrected chi connectivity index (χ2v) is 3.15. The predicted octanol–water partition coefficient (Wildman–Crippen LogP) is 0.510. The fourth-order valence-corrected chi connectivity index (χ4v) is 1.51. The van der Waals surface area contributed by atoms with Crippen LogP contribution in [0.5, 0.6) is 0 Å². The molecule has 1 aromatic rings. The van der Waals surface area contributed by atoms with Crippen LogP contribution in [0.1, 0.15) is 17.2 Å². The number of pyridine rings is 1. The summed E-state index contributed by atoms with van der Waals surface area (Å²) in [4.78, 5) is 26.0. The zero-order valence-electron chi connectivity index (χ0n) is 7.44. The maximum absolute atomic E-state index is 11.3. The van der Waals surface area contributed by atoms with E-state index in [2.05, 4.69) is 10.3 Å². The van der Waals surface area contributed by atoms with Gasteiger partial charge in [0, 0.05) is 6.20 Å². The van der Waals surface area contributed by atoms with Crippen molar-refractivity contribution in [2.75, 3.05) is 5.32 Å². The predicted molar refractivity (Wildman–Crippen MR) is 48.0 cm³/mol. The number of aromatic nitrogens is 1. The maximum Gasteiger partial charge on any atom is 0.322 e. The largest absolute Gasteiger partial charge is 0.480 e. The first-order chi connectivity index (χ1) is 6.61. The highest BCUT2D eigenvalue weighted by Crippen LogP contribution is 2.32. The molecule has 1 amide bonds. The van der Waals surface area contributed by atoms with Gasteiger partial charge in [-0.2, -0.15) is 0 Å². The summed E-state index contributed by atoms with van der Waals surface area (Å²) in [6.45, 7) is 1.80. The molecular weight excluding hydrogens is 184 g/mol. The van der Waals surface area contributed by atoms with Crippen molar-refractivity contribution in [3.63, 3.8) is 0 Å². The number of carbonyl (C=O) groups is 2. The molecule has 1 unspecified atom stereocenters. The lowest BCUT2D eigenvalue weighted by molar-refractivity contribution is -0.141. The van der Waals surface area contributed by atoms with Crippen molar-refractivity contribution < 1.29 is 14.7 Å². The molecule has 0 radical (unpaired) electrons. The van der Waals surface area contributed by atoms with Crippen LogP contribution >= 0.6 is 0 Å². The van der Waals surface area contributed by atoms with E-state index in [1.165, 1.54) is 6.20 Å². The van der Waals surface area contributed by atoms with Crippen molar-refractivity contribution in [1.82, 2.24) is 4.98 Å². The van der Waals surface area contributed by atoms with Crippen LogP contribution in [0, 0.1) is 6.92 Å². The Morgan fingerprint density at radius 2 is 2.36 bits per heavy atom. The van der Waals surface area contributed by atoms with Crippen LogP contribution < -0.4 is 5.32 Å². The molecule has 5 nitrogen and oxygen atoms in total. The van der Waals surface area contributed by atoms with Gasteiger partial charge in [0.25, 0.3) is 0 Å². The van der Waals surface area contributed by atoms with Gasteiger partial charge in [0.2, 0.25) is 5.91 Å². The van der Waals surface area contributed by atoms with Gasteiger partial charge >= 0.3 is 5.97 Å². The average Bonchev–Trinajstić information content (AvgIpc) is 2.42. The van der Waals surface area contributed by atoms with Gasteiger partial charge in [-0.3, -0.25) is 14.6 Å². The molecule has 0 spiro atoms. The number of aliphatic carboxylic acids is 1. The number of aryl methyl sites for hydroxylation is 1. The van der Waals surface area contributed by atoms with Crippen LogP contribution in [0.2, 0.25) is 0 Å². The van der Waals surface area contributed by atoms with Gasteiger partial charge in [-0.25, -0.2) is 0 Å². The number of carbonyl (C=O) groups excluding carboxylic acids is 1. The highest BCUT2D eigenvalue weighted by atomic mass is 16.4. The SMILES string of the molecule is Cc1ccnc2c1NC(=O)C2C(=O)O. The summed E-state index contributed by atoms with van der Waals surface area (Å²) in [5.41, 5.74) is 1.67. The third-order valence-electron chi connectivity index (χ3n) is 2.22.